The van der Waals surface area contributed by atoms with Crippen LogP contribution in [0.3, 0.4) is 0 Å². The molecule has 1 atom stereocenters. The zero-order valence-corrected chi connectivity index (χ0v) is 10.2. The van der Waals surface area contributed by atoms with Crippen molar-refractivity contribution in [3.05, 3.63) is 20.8 Å². The van der Waals surface area contributed by atoms with Gasteiger partial charge in [-0.15, -0.1) is 0 Å². The summed E-state index contributed by atoms with van der Waals surface area (Å²) in [5, 5.41) is 3.80. The number of halogens is 1. The summed E-state index contributed by atoms with van der Waals surface area (Å²) in [6, 6.07) is 0. The van der Waals surface area contributed by atoms with Crippen LogP contribution in [0.25, 0.3) is 0 Å². The molecule has 1 unspecified atom stereocenters. The van der Waals surface area contributed by atoms with Crippen molar-refractivity contribution in [1.29, 1.82) is 0 Å². The van der Waals surface area contributed by atoms with Crippen LogP contribution in [0.4, 0.5) is 0 Å². The van der Waals surface area contributed by atoms with Crippen molar-refractivity contribution in [3.8, 4) is 0 Å². The van der Waals surface area contributed by atoms with Crippen LogP contribution >= 0.6 is 27.3 Å². The minimum Gasteiger partial charge on any atom is -0.373 e. The van der Waals surface area contributed by atoms with Gasteiger partial charge in [0.25, 0.3) is 0 Å². The van der Waals surface area contributed by atoms with Gasteiger partial charge >= 0.3 is 0 Å². The van der Waals surface area contributed by atoms with Crippen LogP contribution in [0, 0.1) is 5.92 Å². The monoisotopic (exact) mass is 274 g/mol. The first kappa shape index (κ1) is 10.3. The standard InChI is InChI=1S/C10H11BrO2S/c1-13-10(6-2-3-6)9(12)7-4-14-5-8(7)11/h4-6,10H,2-3H2,1H3. The Balaban J connectivity index is 2.17. The van der Waals surface area contributed by atoms with E-state index in [2.05, 4.69) is 15.9 Å². The molecule has 1 aliphatic carbocycles. The van der Waals surface area contributed by atoms with Crippen molar-refractivity contribution in [2.45, 2.75) is 18.9 Å². The summed E-state index contributed by atoms with van der Waals surface area (Å²) in [7, 11) is 1.61. The van der Waals surface area contributed by atoms with Gasteiger partial charge in [0.2, 0.25) is 0 Å². The highest BCUT2D eigenvalue weighted by Gasteiger charge is 2.37. The molecule has 1 fully saturated rings. The number of hydrogen-bond donors (Lipinski definition) is 0. The zero-order valence-electron chi connectivity index (χ0n) is 7.83. The molecule has 0 amide bonds. The van der Waals surface area contributed by atoms with Gasteiger partial charge in [0.15, 0.2) is 5.78 Å². The first-order valence-electron chi connectivity index (χ1n) is 4.52. The Morgan fingerprint density at radius 1 is 1.64 bits per heavy atom. The van der Waals surface area contributed by atoms with Crippen molar-refractivity contribution >= 4 is 33.0 Å². The topological polar surface area (TPSA) is 26.3 Å². The SMILES string of the molecule is COC(C(=O)c1cscc1Br)C1CC1. The largest absolute Gasteiger partial charge is 0.373 e. The molecule has 2 nitrogen and oxygen atoms in total. The maximum absolute atomic E-state index is 12.0. The molecule has 0 bridgehead atoms. The lowest BCUT2D eigenvalue weighted by atomic mass is 10.1. The molecule has 1 aromatic heterocycles. The number of methoxy groups -OCH3 is 1. The van der Waals surface area contributed by atoms with Gasteiger partial charge in [0.1, 0.15) is 6.10 Å². The number of carbonyl (C=O) groups excluding carboxylic acids is 1. The number of ether oxygens (including phenoxy) is 1. The maximum Gasteiger partial charge on any atom is 0.193 e. The third-order valence-electron chi connectivity index (χ3n) is 2.44. The predicted octanol–water partition coefficient (Wildman–Crippen LogP) is 3.12. The van der Waals surface area contributed by atoms with Crippen molar-refractivity contribution in [1.82, 2.24) is 0 Å². The van der Waals surface area contributed by atoms with E-state index in [4.69, 9.17) is 4.74 Å². The third-order valence-corrected chi connectivity index (χ3v) is 4.15. The molecule has 14 heavy (non-hydrogen) atoms. The Kier molecular flexibility index (Phi) is 3.04. The molecule has 0 spiro atoms. The van der Waals surface area contributed by atoms with E-state index in [9.17, 15) is 4.79 Å². The molecule has 1 heterocycles. The fourth-order valence-corrected chi connectivity index (χ4v) is 3.00. The molecule has 0 aromatic carbocycles. The first-order chi connectivity index (χ1) is 6.74. The second-order valence-corrected chi connectivity index (χ2v) is 5.09. The van der Waals surface area contributed by atoms with Crippen molar-refractivity contribution in [2.24, 2.45) is 5.92 Å². The van der Waals surface area contributed by atoms with Gasteiger partial charge in [-0.1, -0.05) is 0 Å². The maximum atomic E-state index is 12.0. The van der Waals surface area contributed by atoms with Gasteiger partial charge in [0.05, 0.1) is 0 Å². The molecule has 1 aliphatic rings. The highest BCUT2D eigenvalue weighted by atomic mass is 79.9. The van der Waals surface area contributed by atoms with E-state index in [1.165, 1.54) is 11.3 Å². The first-order valence-corrected chi connectivity index (χ1v) is 6.26. The van der Waals surface area contributed by atoms with E-state index >= 15 is 0 Å². The second-order valence-electron chi connectivity index (χ2n) is 3.49. The quantitative estimate of drug-likeness (QED) is 0.789. The Morgan fingerprint density at radius 3 is 2.79 bits per heavy atom. The number of carbonyl (C=O) groups is 1. The molecule has 2 rings (SSSR count). The summed E-state index contributed by atoms with van der Waals surface area (Å²) >= 11 is 4.90. The van der Waals surface area contributed by atoms with Crippen molar-refractivity contribution in [2.75, 3.05) is 7.11 Å². The molecular formula is C10H11BrO2S. The molecule has 0 radical (unpaired) electrons. The Bertz CT molecular complexity index is 344. The van der Waals surface area contributed by atoms with Gasteiger partial charge < -0.3 is 4.74 Å². The Hall–Kier alpha value is -0.190. The minimum absolute atomic E-state index is 0.114. The van der Waals surface area contributed by atoms with Crippen LogP contribution in [-0.4, -0.2) is 19.0 Å². The zero-order chi connectivity index (χ0) is 10.1. The summed E-state index contributed by atoms with van der Waals surface area (Å²) in [6.45, 7) is 0. The van der Waals surface area contributed by atoms with Crippen LogP contribution in [0.2, 0.25) is 0 Å². The van der Waals surface area contributed by atoms with Gasteiger partial charge in [-0.05, 0) is 34.7 Å². The van der Waals surface area contributed by atoms with Crippen molar-refractivity contribution < 1.29 is 9.53 Å². The summed E-state index contributed by atoms with van der Waals surface area (Å²) in [5.41, 5.74) is 0.758. The van der Waals surface area contributed by atoms with Crippen LogP contribution in [0.1, 0.15) is 23.2 Å². The number of hydrogen-bond acceptors (Lipinski definition) is 3. The molecular weight excluding hydrogens is 264 g/mol. The van der Waals surface area contributed by atoms with Crippen LogP contribution < -0.4 is 0 Å². The average Bonchev–Trinajstić information content (AvgIpc) is 2.90. The number of rotatable bonds is 4. The molecule has 4 heteroatoms. The molecule has 76 valence electrons. The van der Waals surface area contributed by atoms with E-state index < -0.39 is 0 Å². The molecule has 1 saturated carbocycles. The fourth-order valence-electron chi connectivity index (χ4n) is 1.52. The van der Waals surface area contributed by atoms with E-state index in [1.807, 2.05) is 10.8 Å². The predicted molar refractivity (Wildman–Crippen MR) is 59.9 cm³/mol. The molecule has 0 saturated heterocycles. The second kappa shape index (κ2) is 4.13. The normalized spacial score (nSPS) is 18.1. The van der Waals surface area contributed by atoms with Gasteiger partial charge in [-0.25, -0.2) is 0 Å². The van der Waals surface area contributed by atoms with Crippen LogP contribution in [0.5, 0.6) is 0 Å². The highest BCUT2D eigenvalue weighted by Crippen LogP contribution is 2.36. The Labute approximate surface area is 95.4 Å². The summed E-state index contributed by atoms with van der Waals surface area (Å²) < 4.78 is 6.13. The van der Waals surface area contributed by atoms with Crippen molar-refractivity contribution in [3.63, 3.8) is 0 Å². The lowest BCUT2D eigenvalue weighted by Crippen LogP contribution is -2.25. The number of ketones is 1. The summed E-state index contributed by atoms with van der Waals surface area (Å²) in [6.07, 6.45) is 2.00. The average molecular weight is 275 g/mol. The third kappa shape index (κ3) is 1.92. The lowest BCUT2D eigenvalue weighted by Gasteiger charge is -2.12. The smallest absolute Gasteiger partial charge is 0.193 e. The minimum atomic E-state index is -0.235. The number of thiophene rings is 1. The fraction of sp³-hybridized carbons (Fsp3) is 0.500. The van der Waals surface area contributed by atoms with Gasteiger partial charge in [-0.2, -0.15) is 11.3 Å². The van der Waals surface area contributed by atoms with E-state index in [-0.39, 0.29) is 11.9 Å². The molecule has 0 N–H and O–H groups in total. The Morgan fingerprint density at radius 2 is 2.36 bits per heavy atom. The van der Waals surface area contributed by atoms with E-state index in [0.717, 1.165) is 22.9 Å². The van der Waals surface area contributed by atoms with E-state index in [0.29, 0.717) is 5.92 Å². The van der Waals surface area contributed by atoms with Crippen LogP contribution in [0.15, 0.2) is 15.2 Å². The highest BCUT2D eigenvalue weighted by molar-refractivity contribution is 9.10. The van der Waals surface area contributed by atoms with E-state index in [1.54, 1.807) is 7.11 Å². The summed E-state index contributed by atoms with van der Waals surface area (Å²) in [4.78, 5) is 12.0. The number of Topliss-reactive ketones (excluding diaryl/α,β-unsaturated/α-hetero) is 1. The van der Waals surface area contributed by atoms with Gasteiger partial charge in [-0.3, -0.25) is 4.79 Å². The van der Waals surface area contributed by atoms with Gasteiger partial charge in [0, 0.05) is 27.9 Å². The summed E-state index contributed by atoms with van der Waals surface area (Å²) in [5.74, 6) is 0.558. The molecule has 0 aliphatic heterocycles. The molecule has 1 aromatic rings. The van der Waals surface area contributed by atoms with Crippen LogP contribution in [-0.2, 0) is 4.74 Å². The lowest BCUT2D eigenvalue weighted by molar-refractivity contribution is 0.0539.